The second kappa shape index (κ2) is 5.15. The van der Waals surface area contributed by atoms with Gasteiger partial charge < -0.3 is 10.5 Å². The summed E-state index contributed by atoms with van der Waals surface area (Å²) < 4.78 is 19.4. The molecule has 0 radical (unpaired) electrons. The summed E-state index contributed by atoms with van der Waals surface area (Å²) in [5.74, 6) is 0.255. The zero-order chi connectivity index (χ0) is 11.5. The van der Waals surface area contributed by atoms with Crippen LogP contribution in [-0.2, 0) is 0 Å². The van der Waals surface area contributed by atoms with Crippen LogP contribution >= 0.6 is 15.9 Å². The second-order valence-corrected chi connectivity index (χ2v) is 5.03. The van der Waals surface area contributed by atoms with Gasteiger partial charge in [0.15, 0.2) is 0 Å². The highest BCUT2D eigenvalue weighted by atomic mass is 79.9. The number of halogens is 2. The minimum absolute atomic E-state index is 0.0225. The van der Waals surface area contributed by atoms with E-state index >= 15 is 0 Å². The van der Waals surface area contributed by atoms with Gasteiger partial charge in [0.25, 0.3) is 0 Å². The third-order valence-corrected chi connectivity index (χ3v) is 3.58. The topological polar surface area (TPSA) is 35.2 Å². The minimum Gasteiger partial charge on any atom is -0.489 e. The Morgan fingerprint density at radius 2 is 2.06 bits per heavy atom. The van der Waals surface area contributed by atoms with E-state index in [1.807, 2.05) is 0 Å². The molecule has 88 valence electrons. The van der Waals surface area contributed by atoms with Crippen molar-refractivity contribution >= 4 is 15.9 Å². The van der Waals surface area contributed by atoms with Crippen LogP contribution < -0.4 is 10.5 Å². The summed E-state index contributed by atoms with van der Waals surface area (Å²) in [5, 5.41) is 0. The molecule has 0 aromatic heterocycles. The molecule has 1 fully saturated rings. The fourth-order valence-corrected chi connectivity index (χ4v) is 2.24. The van der Waals surface area contributed by atoms with Crippen LogP contribution in [0.25, 0.3) is 0 Å². The molecular formula is C12H15BrFNO. The maximum atomic E-state index is 13.3. The fraction of sp³-hybridized carbons (Fsp3) is 0.500. The number of benzene rings is 1. The molecule has 1 aromatic rings. The molecule has 2 nitrogen and oxygen atoms in total. The molecule has 0 spiro atoms. The van der Waals surface area contributed by atoms with Crippen molar-refractivity contribution in [2.45, 2.75) is 37.8 Å². The van der Waals surface area contributed by atoms with E-state index < -0.39 is 0 Å². The van der Waals surface area contributed by atoms with E-state index in [2.05, 4.69) is 15.9 Å². The van der Waals surface area contributed by atoms with Crippen LogP contribution in [0.4, 0.5) is 4.39 Å². The molecule has 0 amide bonds. The van der Waals surface area contributed by atoms with Crippen LogP contribution in [0.5, 0.6) is 5.75 Å². The van der Waals surface area contributed by atoms with Gasteiger partial charge >= 0.3 is 0 Å². The number of hydrogen-bond donors (Lipinski definition) is 1. The summed E-state index contributed by atoms with van der Waals surface area (Å²) in [6.45, 7) is 0. The molecule has 0 unspecified atom stereocenters. The second-order valence-electron chi connectivity index (χ2n) is 4.18. The van der Waals surface area contributed by atoms with E-state index in [1.165, 1.54) is 6.07 Å². The summed E-state index contributed by atoms with van der Waals surface area (Å²) in [6.07, 6.45) is 4.27. The van der Waals surface area contributed by atoms with Crippen molar-refractivity contribution in [3.63, 3.8) is 0 Å². The molecule has 2 rings (SSSR count). The monoisotopic (exact) mass is 287 g/mol. The molecule has 0 saturated heterocycles. The zero-order valence-electron chi connectivity index (χ0n) is 8.96. The third kappa shape index (κ3) is 2.74. The first-order chi connectivity index (χ1) is 7.66. The molecule has 4 heteroatoms. The first-order valence-electron chi connectivity index (χ1n) is 5.54. The Balaban J connectivity index is 2.05. The Hall–Kier alpha value is -0.610. The van der Waals surface area contributed by atoms with Crippen molar-refractivity contribution in [1.29, 1.82) is 0 Å². The average Bonchev–Trinajstić information content (AvgIpc) is 2.27. The summed E-state index contributed by atoms with van der Waals surface area (Å²) >= 11 is 3.11. The van der Waals surface area contributed by atoms with E-state index in [0.717, 1.165) is 25.7 Å². The maximum absolute atomic E-state index is 13.3. The smallest absolute Gasteiger partial charge is 0.141 e. The fourth-order valence-electron chi connectivity index (χ4n) is 2.00. The normalized spacial score (nSPS) is 25.4. The van der Waals surface area contributed by atoms with Crippen LogP contribution in [0.15, 0.2) is 22.7 Å². The lowest BCUT2D eigenvalue weighted by molar-refractivity contribution is 0.132. The van der Waals surface area contributed by atoms with Crippen molar-refractivity contribution in [3.05, 3.63) is 28.5 Å². The molecule has 2 atom stereocenters. The van der Waals surface area contributed by atoms with Gasteiger partial charge in [-0.05, 0) is 47.3 Å². The standard InChI is InChI=1S/C12H15BrFNO/c13-9-6-5-8(7-10(9)14)16-12-4-2-1-3-11(12)15/h5-7,11-12H,1-4,15H2/t11-,12+/m0/s1. The molecule has 0 aliphatic heterocycles. The van der Waals surface area contributed by atoms with Crippen molar-refractivity contribution in [2.75, 3.05) is 0 Å². The van der Waals surface area contributed by atoms with Crippen molar-refractivity contribution < 1.29 is 9.13 Å². The van der Waals surface area contributed by atoms with Crippen molar-refractivity contribution in [2.24, 2.45) is 5.73 Å². The Labute approximate surface area is 103 Å². The van der Waals surface area contributed by atoms with Crippen LogP contribution in [0.1, 0.15) is 25.7 Å². The van der Waals surface area contributed by atoms with E-state index in [-0.39, 0.29) is 18.0 Å². The summed E-state index contributed by atoms with van der Waals surface area (Å²) in [5.41, 5.74) is 5.97. The van der Waals surface area contributed by atoms with Crippen LogP contribution in [-0.4, -0.2) is 12.1 Å². The minimum atomic E-state index is -0.304. The van der Waals surface area contributed by atoms with Gasteiger partial charge in [-0.3, -0.25) is 0 Å². The molecule has 1 aromatic carbocycles. The first-order valence-corrected chi connectivity index (χ1v) is 6.33. The first kappa shape index (κ1) is 11.9. The predicted molar refractivity (Wildman–Crippen MR) is 65.0 cm³/mol. The molecule has 1 aliphatic rings. The summed E-state index contributed by atoms with van der Waals surface area (Å²) in [7, 11) is 0. The number of nitrogens with two attached hydrogens (primary N) is 1. The number of hydrogen-bond acceptors (Lipinski definition) is 2. The molecule has 2 N–H and O–H groups in total. The van der Waals surface area contributed by atoms with Crippen molar-refractivity contribution in [1.82, 2.24) is 0 Å². The Bertz CT molecular complexity index is 372. The van der Waals surface area contributed by atoms with Gasteiger partial charge in [0.2, 0.25) is 0 Å². The van der Waals surface area contributed by atoms with E-state index in [9.17, 15) is 4.39 Å². The van der Waals surface area contributed by atoms with Crippen molar-refractivity contribution in [3.8, 4) is 5.75 Å². The van der Waals surface area contributed by atoms with Gasteiger partial charge in [0.1, 0.15) is 17.7 Å². The zero-order valence-corrected chi connectivity index (χ0v) is 10.5. The largest absolute Gasteiger partial charge is 0.489 e. The molecular weight excluding hydrogens is 273 g/mol. The molecule has 0 bridgehead atoms. The van der Waals surface area contributed by atoms with Crippen LogP contribution in [0.3, 0.4) is 0 Å². The molecule has 1 aliphatic carbocycles. The van der Waals surface area contributed by atoms with E-state index in [4.69, 9.17) is 10.5 Å². The highest BCUT2D eigenvalue weighted by Gasteiger charge is 2.23. The highest BCUT2D eigenvalue weighted by molar-refractivity contribution is 9.10. The summed E-state index contributed by atoms with van der Waals surface area (Å²) in [4.78, 5) is 0. The Morgan fingerprint density at radius 3 is 2.75 bits per heavy atom. The quantitative estimate of drug-likeness (QED) is 0.906. The lowest BCUT2D eigenvalue weighted by atomic mass is 9.93. The van der Waals surface area contributed by atoms with Gasteiger partial charge in [-0.2, -0.15) is 0 Å². The predicted octanol–water partition coefficient (Wildman–Crippen LogP) is 3.24. The van der Waals surface area contributed by atoms with E-state index in [0.29, 0.717) is 10.2 Å². The number of rotatable bonds is 2. The molecule has 0 heterocycles. The van der Waals surface area contributed by atoms with Crippen LogP contribution in [0, 0.1) is 5.82 Å². The van der Waals surface area contributed by atoms with Gasteiger partial charge in [0, 0.05) is 12.1 Å². The van der Waals surface area contributed by atoms with Gasteiger partial charge in [-0.1, -0.05) is 6.42 Å². The maximum Gasteiger partial charge on any atom is 0.141 e. The van der Waals surface area contributed by atoms with Gasteiger partial charge in [-0.25, -0.2) is 4.39 Å². The number of ether oxygens (including phenoxy) is 1. The Kier molecular flexibility index (Phi) is 3.82. The van der Waals surface area contributed by atoms with E-state index in [1.54, 1.807) is 12.1 Å². The third-order valence-electron chi connectivity index (χ3n) is 2.93. The van der Waals surface area contributed by atoms with Gasteiger partial charge in [-0.15, -0.1) is 0 Å². The lowest BCUT2D eigenvalue weighted by Gasteiger charge is -2.29. The van der Waals surface area contributed by atoms with Crippen LogP contribution in [0.2, 0.25) is 0 Å². The highest BCUT2D eigenvalue weighted by Crippen LogP contribution is 2.25. The van der Waals surface area contributed by atoms with Gasteiger partial charge in [0.05, 0.1) is 4.47 Å². The summed E-state index contributed by atoms with van der Waals surface area (Å²) in [6, 6.07) is 4.87. The molecule has 16 heavy (non-hydrogen) atoms. The SMILES string of the molecule is N[C@H]1CCCC[C@H]1Oc1ccc(Br)c(F)c1. The Morgan fingerprint density at radius 1 is 1.31 bits per heavy atom. The lowest BCUT2D eigenvalue weighted by Crippen LogP contribution is -2.41. The molecule has 1 saturated carbocycles. The average molecular weight is 288 g/mol.